The summed E-state index contributed by atoms with van der Waals surface area (Å²) in [5.41, 5.74) is 0.466. The van der Waals surface area contributed by atoms with E-state index in [2.05, 4.69) is 24.8 Å². The maximum Gasteiger partial charge on any atom is 0.0635 e. The highest BCUT2D eigenvalue weighted by molar-refractivity contribution is 4.81. The fraction of sp³-hybridized carbons (Fsp3) is 0.900. The average Bonchev–Trinajstić information content (AvgIpc) is 1.99. The summed E-state index contributed by atoms with van der Waals surface area (Å²) in [5, 5.41) is 8.45. The van der Waals surface area contributed by atoms with Gasteiger partial charge in [-0.1, -0.05) is 13.8 Å². The normalized spacial score (nSPS) is 23.4. The number of piperidine rings is 1. The van der Waals surface area contributed by atoms with Crippen molar-refractivity contribution in [2.75, 3.05) is 19.6 Å². The highest BCUT2D eigenvalue weighted by atomic mass is 15.1. The Kier molecular flexibility index (Phi) is 3.11. The van der Waals surface area contributed by atoms with Crippen molar-refractivity contribution in [3.05, 3.63) is 0 Å². The molecule has 1 heterocycles. The van der Waals surface area contributed by atoms with Crippen LogP contribution in [0.1, 0.15) is 33.1 Å². The van der Waals surface area contributed by atoms with Crippen LogP contribution in [0.15, 0.2) is 0 Å². The monoisotopic (exact) mass is 166 g/mol. The van der Waals surface area contributed by atoms with Crippen molar-refractivity contribution in [2.24, 2.45) is 5.41 Å². The van der Waals surface area contributed by atoms with Crippen molar-refractivity contribution in [2.45, 2.75) is 33.1 Å². The summed E-state index contributed by atoms with van der Waals surface area (Å²) in [4.78, 5) is 2.41. The van der Waals surface area contributed by atoms with Gasteiger partial charge in [-0.3, -0.25) is 0 Å². The predicted octanol–water partition coefficient (Wildman–Crippen LogP) is 2.02. The van der Waals surface area contributed by atoms with Crippen molar-refractivity contribution in [1.29, 1.82) is 5.26 Å². The van der Waals surface area contributed by atoms with E-state index in [0.717, 1.165) is 13.1 Å². The Morgan fingerprint density at radius 3 is 2.83 bits per heavy atom. The minimum Gasteiger partial charge on any atom is -0.302 e. The lowest BCUT2D eigenvalue weighted by Gasteiger charge is -2.37. The molecule has 0 aromatic carbocycles. The lowest BCUT2D eigenvalue weighted by Crippen LogP contribution is -2.40. The number of hydrogen-bond donors (Lipinski definition) is 0. The van der Waals surface area contributed by atoms with Crippen LogP contribution in [0.25, 0.3) is 0 Å². The number of nitrogens with zero attached hydrogens (tertiary/aromatic N) is 2. The summed E-state index contributed by atoms with van der Waals surface area (Å²) in [5.74, 6) is 0. The summed E-state index contributed by atoms with van der Waals surface area (Å²) in [6.07, 6.45) is 3.30. The van der Waals surface area contributed by atoms with E-state index < -0.39 is 0 Å². The molecule has 0 aliphatic carbocycles. The van der Waals surface area contributed by atoms with Crippen molar-refractivity contribution < 1.29 is 0 Å². The first-order chi connectivity index (χ1) is 5.64. The van der Waals surface area contributed by atoms with Crippen LogP contribution in [-0.4, -0.2) is 24.5 Å². The second-order valence-corrected chi connectivity index (χ2v) is 4.45. The summed E-state index contributed by atoms with van der Waals surface area (Å²) < 4.78 is 0. The molecule has 2 nitrogen and oxygen atoms in total. The molecule has 2 heteroatoms. The number of rotatable bonds is 2. The molecule has 0 saturated carbocycles. The molecular formula is C10H18N2. The third-order valence-corrected chi connectivity index (χ3v) is 2.52. The molecule has 0 N–H and O–H groups in total. The first-order valence-corrected chi connectivity index (χ1v) is 4.73. The van der Waals surface area contributed by atoms with Crippen molar-refractivity contribution in [3.8, 4) is 6.07 Å². The Bertz CT molecular complexity index is 179. The molecule has 0 unspecified atom stereocenters. The summed E-state index contributed by atoms with van der Waals surface area (Å²) >= 11 is 0. The molecule has 1 aliphatic heterocycles. The van der Waals surface area contributed by atoms with Crippen molar-refractivity contribution in [1.82, 2.24) is 4.90 Å². The van der Waals surface area contributed by atoms with Gasteiger partial charge >= 0.3 is 0 Å². The van der Waals surface area contributed by atoms with Crippen LogP contribution in [0.4, 0.5) is 0 Å². The van der Waals surface area contributed by atoms with Crippen LogP contribution < -0.4 is 0 Å². The zero-order valence-corrected chi connectivity index (χ0v) is 8.14. The van der Waals surface area contributed by atoms with E-state index >= 15 is 0 Å². The van der Waals surface area contributed by atoms with E-state index in [4.69, 9.17) is 5.26 Å². The van der Waals surface area contributed by atoms with E-state index in [-0.39, 0.29) is 0 Å². The molecule has 0 radical (unpaired) electrons. The minimum atomic E-state index is 0.466. The topological polar surface area (TPSA) is 27.0 Å². The zero-order valence-electron chi connectivity index (χ0n) is 8.14. The Morgan fingerprint density at radius 2 is 2.25 bits per heavy atom. The average molecular weight is 166 g/mol. The smallest absolute Gasteiger partial charge is 0.0635 e. The molecule has 1 fully saturated rings. The number of nitriles is 1. The van der Waals surface area contributed by atoms with E-state index in [1.165, 1.54) is 19.4 Å². The van der Waals surface area contributed by atoms with E-state index in [0.29, 0.717) is 11.8 Å². The van der Waals surface area contributed by atoms with Gasteiger partial charge in [0, 0.05) is 19.5 Å². The van der Waals surface area contributed by atoms with Crippen LogP contribution in [-0.2, 0) is 0 Å². The molecule has 1 saturated heterocycles. The van der Waals surface area contributed by atoms with Gasteiger partial charge in [-0.05, 0) is 24.8 Å². The van der Waals surface area contributed by atoms with Gasteiger partial charge in [0.1, 0.15) is 0 Å². The largest absolute Gasteiger partial charge is 0.302 e. The molecular weight excluding hydrogens is 148 g/mol. The highest BCUT2D eigenvalue weighted by Crippen LogP contribution is 2.28. The van der Waals surface area contributed by atoms with E-state index in [1.54, 1.807) is 0 Å². The van der Waals surface area contributed by atoms with Gasteiger partial charge < -0.3 is 4.90 Å². The van der Waals surface area contributed by atoms with E-state index in [9.17, 15) is 0 Å². The third kappa shape index (κ3) is 2.83. The van der Waals surface area contributed by atoms with Gasteiger partial charge in [0.25, 0.3) is 0 Å². The van der Waals surface area contributed by atoms with Crippen LogP contribution in [0.5, 0.6) is 0 Å². The summed E-state index contributed by atoms with van der Waals surface area (Å²) in [7, 11) is 0. The van der Waals surface area contributed by atoms with Crippen LogP contribution in [0.3, 0.4) is 0 Å². The zero-order chi connectivity index (χ0) is 9.03. The van der Waals surface area contributed by atoms with Gasteiger partial charge in [-0.25, -0.2) is 0 Å². The molecule has 1 rings (SSSR count). The quantitative estimate of drug-likeness (QED) is 0.627. The van der Waals surface area contributed by atoms with Crippen LogP contribution in [0, 0.1) is 16.7 Å². The molecule has 68 valence electrons. The molecule has 0 aromatic rings. The van der Waals surface area contributed by atoms with Crippen molar-refractivity contribution in [3.63, 3.8) is 0 Å². The molecule has 0 atom stereocenters. The second kappa shape index (κ2) is 3.91. The minimum absolute atomic E-state index is 0.466. The van der Waals surface area contributed by atoms with Gasteiger partial charge in [-0.2, -0.15) is 5.26 Å². The first kappa shape index (κ1) is 9.54. The Balaban J connectivity index is 2.32. The lowest BCUT2D eigenvalue weighted by atomic mass is 9.84. The Hall–Kier alpha value is -0.550. The molecule has 12 heavy (non-hydrogen) atoms. The fourth-order valence-electron chi connectivity index (χ4n) is 1.94. The summed E-state index contributed by atoms with van der Waals surface area (Å²) in [6, 6.07) is 2.20. The molecule has 1 aliphatic rings. The lowest BCUT2D eigenvalue weighted by molar-refractivity contribution is 0.120. The van der Waals surface area contributed by atoms with Crippen LogP contribution >= 0.6 is 0 Å². The molecule has 0 bridgehead atoms. The standard InChI is InChI=1S/C10H18N2/c1-10(2)5-3-7-12(9-10)8-4-6-11/h3-5,7-9H2,1-2H3. The SMILES string of the molecule is CC1(C)CCCN(CCC#N)C1. The maximum absolute atomic E-state index is 8.45. The summed E-state index contributed by atoms with van der Waals surface area (Å²) in [6.45, 7) is 7.93. The number of likely N-dealkylation sites (tertiary alicyclic amines) is 1. The molecule has 0 spiro atoms. The van der Waals surface area contributed by atoms with Crippen molar-refractivity contribution >= 4 is 0 Å². The Morgan fingerprint density at radius 1 is 1.50 bits per heavy atom. The maximum atomic E-state index is 8.45. The third-order valence-electron chi connectivity index (χ3n) is 2.52. The van der Waals surface area contributed by atoms with Gasteiger partial charge in [0.05, 0.1) is 6.07 Å². The van der Waals surface area contributed by atoms with E-state index in [1.807, 2.05) is 0 Å². The number of hydrogen-bond acceptors (Lipinski definition) is 2. The Labute approximate surface area is 75.2 Å². The molecule has 0 amide bonds. The fourth-order valence-corrected chi connectivity index (χ4v) is 1.94. The predicted molar refractivity (Wildman–Crippen MR) is 49.7 cm³/mol. The van der Waals surface area contributed by atoms with Crippen LogP contribution in [0.2, 0.25) is 0 Å². The second-order valence-electron chi connectivity index (χ2n) is 4.45. The highest BCUT2D eigenvalue weighted by Gasteiger charge is 2.25. The molecule has 0 aromatic heterocycles. The van der Waals surface area contributed by atoms with Gasteiger partial charge in [0.15, 0.2) is 0 Å². The van der Waals surface area contributed by atoms with Gasteiger partial charge in [-0.15, -0.1) is 0 Å². The first-order valence-electron chi connectivity index (χ1n) is 4.73. The van der Waals surface area contributed by atoms with Gasteiger partial charge in [0.2, 0.25) is 0 Å².